The summed E-state index contributed by atoms with van der Waals surface area (Å²) >= 11 is 0. The van der Waals surface area contributed by atoms with Gasteiger partial charge in [-0.15, -0.1) is 0 Å². The summed E-state index contributed by atoms with van der Waals surface area (Å²) in [6.45, 7) is 1.02. The zero-order valence-electron chi connectivity index (χ0n) is 16.8. The number of nitrogens with one attached hydrogen (secondary N) is 1. The maximum atomic E-state index is 12.5. The molecular formula is C24H27N3O2S. The van der Waals surface area contributed by atoms with Crippen molar-refractivity contribution < 1.29 is 8.42 Å². The van der Waals surface area contributed by atoms with E-state index in [1.54, 1.807) is 6.07 Å². The van der Waals surface area contributed by atoms with Crippen LogP contribution in [-0.4, -0.2) is 15.0 Å². The molecular weight excluding hydrogens is 394 g/mol. The first-order valence-electron chi connectivity index (χ1n) is 9.83. The van der Waals surface area contributed by atoms with E-state index >= 15 is 0 Å². The minimum atomic E-state index is -3.90. The Morgan fingerprint density at radius 1 is 0.833 bits per heavy atom. The molecule has 6 heteroatoms. The average Bonchev–Trinajstić information content (AvgIpc) is 2.74. The number of nitrogens with two attached hydrogens (primary N) is 2. The highest BCUT2D eigenvalue weighted by molar-refractivity contribution is 7.89. The van der Waals surface area contributed by atoms with Gasteiger partial charge in [-0.05, 0) is 40.8 Å². The molecule has 0 amide bonds. The Kier molecular flexibility index (Phi) is 7.41. The molecule has 0 aliphatic heterocycles. The maximum Gasteiger partial charge on any atom is 0.238 e. The maximum absolute atomic E-state index is 12.5. The van der Waals surface area contributed by atoms with Gasteiger partial charge in [-0.2, -0.15) is 0 Å². The summed E-state index contributed by atoms with van der Waals surface area (Å²) in [4.78, 5) is 0.153. The molecule has 3 aromatic carbocycles. The van der Waals surface area contributed by atoms with Crippen molar-refractivity contribution in [3.05, 3.63) is 107 Å². The summed E-state index contributed by atoms with van der Waals surface area (Å²) in [5.41, 5.74) is 9.95. The van der Waals surface area contributed by atoms with E-state index in [2.05, 4.69) is 5.32 Å². The van der Waals surface area contributed by atoms with Gasteiger partial charge in [0, 0.05) is 25.2 Å². The van der Waals surface area contributed by atoms with Crippen LogP contribution >= 0.6 is 0 Å². The molecule has 0 fully saturated rings. The molecule has 5 nitrogen and oxygen atoms in total. The second-order valence-corrected chi connectivity index (χ2v) is 8.61. The van der Waals surface area contributed by atoms with Gasteiger partial charge in [0.2, 0.25) is 10.0 Å². The van der Waals surface area contributed by atoms with Gasteiger partial charge in [-0.3, -0.25) is 0 Å². The first-order valence-corrected chi connectivity index (χ1v) is 11.4. The number of hydrogen-bond donors (Lipinski definition) is 3. The van der Waals surface area contributed by atoms with Gasteiger partial charge < -0.3 is 11.1 Å². The van der Waals surface area contributed by atoms with Crippen molar-refractivity contribution >= 4 is 15.7 Å². The van der Waals surface area contributed by atoms with Gasteiger partial charge in [-0.1, -0.05) is 72.8 Å². The molecule has 0 heterocycles. The minimum absolute atomic E-state index is 0.153. The van der Waals surface area contributed by atoms with Crippen LogP contribution in [0.4, 0.5) is 5.69 Å². The summed E-state index contributed by atoms with van der Waals surface area (Å²) in [5, 5.41) is 9.04. The molecule has 0 bridgehead atoms. The molecule has 156 valence electrons. The van der Waals surface area contributed by atoms with E-state index in [1.165, 1.54) is 0 Å². The number of allylic oxidation sites excluding steroid dienone is 1. The van der Waals surface area contributed by atoms with Crippen LogP contribution in [0, 0.1) is 0 Å². The molecule has 0 saturated heterocycles. The van der Waals surface area contributed by atoms with Crippen LogP contribution in [-0.2, 0) is 29.4 Å². The third-order valence-electron chi connectivity index (χ3n) is 4.78. The molecule has 0 radical (unpaired) electrons. The average molecular weight is 422 g/mol. The minimum Gasteiger partial charge on any atom is -0.381 e. The van der Waals surface area contributed by atoms with Crippen molar-refractivity contribution in [2.75, 3.05) is 11.9 Å². The van der Waals surface area contributed by atoms with Gasteiger partial charge in [-0.25, -0.2) is 13.6 Å². The summed E-state index contributed by atoms with van der Waals surface area (Å²) < 4.78 is 24.9. The second kappa shape index (κ2) is 10.2. The quantitative estimate of drug-likeness (QED) is 0.460. The van der Waals surface area contributed by atoms with E-state index in [-0.39, 0.29) is 4.90 Å². The predicted molar refractivity (Wildman–Crippen MR) is 123 cm³/mol. The molecule has 0 atom stereocenters. The van der Waals surface area contributed by atoms with Gasteiger partial charge in [0.1, 0.15) is 0 Å². The molecule has 0 spiro atoms. The zero-order valence-corrected chi connectivity index (χ0v) is 17.6. The highest BCUT2D eigenvalue weighted by Gasteiger charge is 2.19. The van der Waals surface area contributed by atoms with Crippen molar-refractivity contribution in [2.24, 2.45) is 10.9 Å². The third kappa shape index (κ3) is 6.03. The number of primary sulfonamides is 1. The van der Waals surface area contributed by atoms with Crippen molar-refractivity contribution in [3.63, 3.8) is 0 Å². The number of sulfonamides is 1. The topological polar surface area (TPSA) is 98.2 Å². The fourth-order valence-electron chi connectivity index (χ4n) is 3.32. The van der Waals surface area contributed by atoms with Gasteiger partial charge in [0.05, 0.1) is 4.90 Å². The van der Waals surface area contributed by atoms with E-state index in [0.29, 0.717) is 31.5 Å². The predicted octanol–water partition coefficient (Wildman–Crippen LogP) is 3.59. The van der Waals surface area contributed by atoms with Crippen LogP contribution in [0.5, 0.6) is 0 Å². The highest BCUT2D eigenvalue weighted by atomic mass is 32.2. The Labute approximate surface area is 178 Å². The van der Waals surface area contributed by atoms with Crippen molar-refractivity contribution in [1.29, 1.82) is 0 Å². The number of hydrogen-bond acceptors (Lipinski definition) is 4. The van der Waals surface area contributed by atoms with Crippen LogP contribution in [0.1, 0.15) is 22.3 Å². The molecule has 5 N–H and O–H groups in total. The lowest BCUT2D eigenvalue weighted by Gasteiger charge is -2.18. The highest BCUT2D eigenvalue weighted by Crippen LogP contribution is 2.29. The monoisotopic (exact) mass is 421 g/mol. The smallest absolute Gasteiger partial charge is 0.238 e. The summed E-state index contributed by atoms with van der Waals surface area (Å²) in [6.07, 6.45) is 4.82. The van der Waals surface area contributed by atoms with E-state index in [4.69, 9.17) is 10.9 Å². The van der Waals surface area contributed by atoms with Gasteiger partial charge in [0.25, 0.3) is 0 Å². The lowest BCUT2D eigenvalue weighted by atomic mass is 9.99. The Balaban J connectivity index is 2.05. The fraction of sp³-hybridized carbons (Fsp3) is 0.167. The fourth-order valence-corrected chi connectivity index (χ4v) is 4.16. The summed E-state index contributed by atoms with van der Waals surface area (Å²) in [7, 11) is -3.90. The number of benzene rings is 3. The Hall–Kier alpha value is -2.93. The lowest BCUT2D eigenvalue weighted by molar-refractivity contribution is 0.596. The van der Waals surface area contributed by atoms with Crippen LogP contribution in [0.3, 0.4) is 0 Å². The van der Waals surface area contributed by atoms with Crippen LogP contribution in [0.25, 0.3) is 0 Å². The molecule has 0 aliphatic rings. The van der Waals surface area contributed by atoms with Crippen LogP contribution in [0.15, 0.2) is 89.8 Å². The standard InChI is InChI=1S/C24H27N3O2S/c25-14-8-7-13-21-16-23(27-18-20-11-5-2-6-12-20)22(24(17-21)30(26,28)29)15-19-9-3-1-4-10-19/h1-12,16-17,27H,13-15,18,25H2,(H2,26,28,29). The Morgan fingerprint density at radius 3 is 2.07 bits per heavy atom. The first-order chi connectivity index (χ1) is 14.5. The Bertz CT molecular complexity index is 1100. The van der Waals surface area contributed by atoms with Crippen LogP contribution < -0.4 is 16.2 Å². The van der Waals surface area contributed by atoms with E-state index in [0.717, 1.165) is 22.4 Å². The zero-order chi connectivity index (χ0) is 21.4. The van der Waals surface area contributed by atoms with Crippen molar-refractivity contribution in [3.8, 4) is 0 Å². The molecule has 30 heavy (non-hydrogen) atoms. The van der Waals surface area contributed by atoms with Crippen molar-refractivity contribution in [1.82, 2.24) is 0 Å². The van der Waals surface area contributed by atoms with E-state index in [9.17, 15) is 8.42 Å². The molecule has 0 unspecified atom stereocenters. The molecule has 0 aromatic heterocycles. The molecule has 0 saturated carbocycles. The first kappa shape index (κ1) is 21.8. The molecule has 3 rings (SSSR count). The van der Waals surface area contributed by atoms with Gasteiger partial charge in [0.15, 0.2) is 0 Å². The summed E-state index contributed by atoms with van der Waals surface area (Å²) in [5.74, 6) is 0. The number of anilines is 1. The SMILES string of the molecule is NCC=CCc1cc(NCc2ccccc2)c(Cc2ccccc2)c(S(N)(=O)=O)c1. The van der Waals surface area contributed by atoms with Crippen molar-refractivity contribution in [2.45, 2.75) is 24.3 Å². The molecule has 0 aliphatic carbocycles. The van der Waals surface area contributed by atoms with E-state index < -0.39 is 10.0 Å². The Morgan fingerprint density at radius 2 is 1.47 bits per heavy atom. The van der Waals surface area contributed by atoms with E-state index in [1.807, 2.05) is 78.9 Å². The normalized spacial score (nSPS) is 11.7. The third-order valence-corrected chi connectivity index (χ3v) is 5.76. The summed E-state index contributed by atoms with van der Waals surface area (Å²) in [6, 6.07) is 23.4. The van der Waals surface area contributed by atoms with Crippen LogP contribution in [0.2, 0.25) is 0 Å². The second-order valence-electron chi connectivity index (χ2n) is 7.08. The molecule has 3 aromatic rings. The van der Waals surface area contributed by atoms with Gasteiger partial charge >= 0.3 is 0 Å². The largest absolute Gasteiger partial charge is 0.381 e. The lowest BCUT2D eigenvalue weighted by Crippen LogP contribution is -2.17. The number of rotatable bonds is 9.